The number of aryl methyl sites for hydroxylation is 1. The van der Waals surface area contributed by atoms with Crippen LogP contribution >= 0.6 is 0 Å². The molecule has 2 aliphatic rings. The van der Waals surface area contributed by atoms with E-state index in [1.807, 2.05) is 18.3 Å². The van der Waals surface area contributed by atoms with Crippen LogP contribution in [0.4, 0.5) is 0 Å². The molecule has 0 aromatic carbocycles. The highest BCUT2D eigenvalue weighted by atomic mass is 16.5. The lowest BCUT2D eigenvalue weighted by atomic mass is 9.71. The van der Waals surface area contributed by atoms with Crippen molar-refractivity contribution in [3.63, 3.8) is 0 Å². The zero-order chi connectivity index (χ0) is 19.0. The summed E-state index contributed by atoms with van der Waals surface area (Å²) in [5.41, 5.74) is 0.635. The van der Waals surface area contributed by atoms with Crippen LogP contribution in [0.5, 0.6) is 0 Å². The van der Waals surface area contributed by atoms with Crippen molar-refractivity contribution in [1.29, 1.82) is 0 Å². The van der Waals surface area contributed by atoms with Crippen molar-refractivity contribution in [1.82, 2.24) is 29.2 Å². The minimum absolute atomic E-state index is 0.00820. The van der Waals surface area contributed by atoms with Crippen LogP contribution < -0.4 is 0 Å². The highest BCUT2D eigenvalue weighted by molar-refractivity contribution is 5.92. The van der Waals surface area contributed by atoms with E-state index < -0.39 is 0 Å². The molecule has 2 aromatic heterocycles. The minimum Gasteiger partial charge on any atom is -0.381 e. The highest BCUT2D eigenvalue weighted by Gasteiger charge is 2.51. The third-order valence-electron chi connectivity index (χ3n) is 5.98. The monoisotopic (exact) mass is 372 g/mol. The zero-order valence-corrected chi connectivity index (χ0v) is 16.3. The van der Waals surface area contributed by atoms with Crippen molar-refractivity contribution in [2.24, 2.45) is 18.4 Å². The van der Waals surface area contributed by atoms with E-state index in [0.717, 1.165) is 45.0 Å². The largest absolute Gasteiger partial charge is 0.381 e. The fraction of sp³-hybridized carbons (Fsp3) is 0.684. The Bertz CT molecular complexity index is 805. The molecule has 1 atom stereocenters. The second-order valence-corrected chi connectivity index (χ2v) is 8.34. The van der Waals surface area contributed by atoms with E-state index in [1.54, 1.807) is 17.1 Å². The number of hydrogen-bond acceptors (Lipinski definition) is 5. The number of imidazole rings is 1. The molecule has 1 unspecified atom stereocenters. The molecule has 2 saturated heterocycles. The van der Waals surface area contributed by atoms with Crippen molar-refractivity contribution in [2.75, 3.05) is 26.3 Å². The number of hydrogen-bond donors (Lipinski definition) is 0. The van der Waals surface area contributed by atoms with Gasteiger partial charge in [0.1, 0.15) is 17.8 Å². The molecule has 0 N–H and O–H groups in total. The zero-order valence-electron chi connectivity index (χ0n) is 16.3. The van der Waals surface area contributed by atoms with Crippen LogP contribution in [-0.2, 0) is 18.3 Å². The Morgan fingerprint density at radius 3 is 2.78 bits per heavy atom. The summed E-state index contributed by atoms with van der Waals surface area (Å²) in [7, 11) is 1.86. The predicted octanol–water partition coefficient (Wildman–Crippen LogP) is 1.70. The lowest BCUT2D eigenvalue weighted by molar-refractivity contribution is 0.0106. The van der Waals surface area contributed by atoms with Crippen molar-refractivity contribution in [2.45, 2.75) is 39.2 Å². The molecule has 0 saturated carbocycles. The molecule has 0 radical (unpaired) electrons. The number of carbonyl (C=O) groups is 1. The Labute approximate surface area is 159 Å². The minimum atomic E-state index is 0.00820. The van der Waals surface area contributed by atoms with Gasteiger partial charge >= 0.3 is 0 Å². The number of nitrogens with zero attached hydrogens (tertiary/aromatic N) is 6. The standard InChI is InChI=1S/C19H28N6O2/c1-14(2)9-25-13-21-22-17(25)15-10-24(11-19(15)4-6-27-7-5-19)18(26)16-8-20-12-23(16)3/h8,12-15H,4-7,9-11H2,1-3H3. The van der Waals surface area contributed by atoms with Crippen LogP contribution in [0.15, 0.2) is 18.9 Å². The van der Waals surface area contributed by atoms with Crippen LogP contribution in [0.3, 0.4) is 0 Å². The Balaban J connectivity index is 1.66. The van der Waals surface area contributed by atoms with E-state index in [4.69, 9.17) is 4.74 Å². The molecule has 146 valence electrons. The van der Waals surface area contributed by atoms with Crippen molar-refractivity contribution < 1.29 is 9.53 Å². The van der Waals surface area contributed by atoms with Gasteiger partial charge in [-0.1, -0.05) is 13.8 Å². The van der Waals surface area contributed by atoms with Crippen molar-refractivity contribution in [3.05, 3.63) is 30.4 Å². The van der Waals surface area contributed by atoms with Crippen LogP contribution in [0, 0.1) is 11.3 Å². The molecule has 8 heteroatoms. The van der Waals surface area contributed by atoms with E-state index in [2.05, 4.69) is 33.6 Å². The first kappa shape index (κ1) is 18.2. The molecule has 27 heavy (non-hydrogen) atoms. The fourth-order valence-corrected chi connectivity index (χ4v) is 4.56. The Hall–Kier alpha value is -2.22. The van der Waals surface area contributed by atoms with Gasteiger partial charge in [0.15, 0.2) is 0 Å². The van der Waals surface area contributed by atoms with Crippen LogP contribution in [-0.4, -0.2) is 61.4 Å². The van der Waals surface area contributed by atoms with Gasteiger partial charge in [-0.15, -0.1) is 10.2 Å². The maximum absolute atomic E-state index is 13.1. The second-order valence-electron chi connectivity index (χ2n) is 8.34. The number of ether oxygens (including phenoxy) is 1. The highest BCUT2D eigenvalue weighted by Crippen LogP contribution is 2.49. The second kappa shape index (κ2) is 7.07. The molecule has 4 heterocycles. The maximum Gasteiger partial charge on any atom is 0.272 e. The Kier molecular flexibility index (Phi) is 4.75. The molecule has 8 nitrogen and oxygen atoms in total. The van der Waals surface area contributed by atoms with E-state index >= 15 is 0 Å². The van der Waals surface area contributed by atoms with E-state index in [-0.39, 0.29) is 17.2 Å². The number of amides is 1. The van der Waals surface area contributed by atoms with Gasteiger partial charge in [0, 0.05) is 51.2 Å². The van der Waals surface area contributed by atoms with Crippen LogP contribution in [0.25, 0.3) is 0 Å². The van der Waals surface area contributed by atoms with Crippen LogP contribution in [0.2, 0.25) is 0 Å². The van der Waals surface area contributed by atoms with Gasteiger partial charge in [-0.05, 0) is 18.8 Å². The van der Waals surface area contributed by atoms with Crippen LogP contribution in [0.1, 0.15) is 48.9 Å². The van der Waals surface area contributed by atoms with Gasteiger partial charge in [0.25, 0.3) is 5.91 Å². The molecule has 0 bridgehead atoms. The molecule has 0 aliphatic carbocycles. The molecule has 1 amide bonds. The molecule has 1 spiro atoms. The number of carbonyl (C=O) groups excluding carboxylic acids is 1. The third kappa shape index (κ3) is 3.26. The van der Waals surface area contributed by atoms with Gasteiger partial charge in [-0.3, -0.25) is 4.79 Å². The van der Waals surface area contributed by atoms with E-state index in [9.17, 15) is 4.79 Å². The van der Waals surface area contributed by atoms with E-state index in [1.165, 1.54) is 0 Å². The maximum atomic E-state index is 13.1. The number of rotatable bonds is 4. The van der Waals surface area contributed by atoms with Gasteiger partial charge in [0.2, 0.25) is 0 Å². The number of aromatic nitrogens is 5. The number of likely N-dealkylation sites (tertiary alicyclic amines) is 1. The normalized spacial score (nSPS) is 22.1. The van der Waals surface area contributed by atoms with Crippen molar-refractivity contribution in [3.8, 4) is 0 Å². The summed E-state index contributed by atoms with van der Waals surface area (Å²) >= 11 is 0. The van der Waals surface area contributed by atoms with E-state index in [0.29, 0.717) is 18.2 Å². The molecule has 2 aromatic rings. The van der Waals surface area contributed by atoms with Gasteiger partial charge in [-0.25, -0.2) is 4.98 Å². The topological polar surface area (TPSA) is 78.1 Å². The van der Waals surface area contributed by atoms with Crippen molar-refractivity contribution >= 4 is 5.91 Å². The summed E-state index contributed by atoms with van der Waals surface area (Å²) in [6.07, 6.45) is 7.04. The molecule has 2 aliphatic heterocycles. The van der Waals surface area contributed by atoms with Gasteiger partial charge in [-0.2, -0.15) is 0 Å². The quantitative estimate of drug-likeness (QED) is 0.816. The Morgan fingerprint density at radius 2 is 2.11 bits per heavy atom. The summed E-state index contributed by atoms with van der Waals surface area (Å²) in [6.45, 7) is 8.16. The summed E-state index contributed by atoms with van der Waals surface area (Å²) < 4.78 is 9.60. The lowest BCUT2D eigenvalue weighted by Gasteiger charge is -2.37. The SMILES string of the molecule is CC(C)Cn1cnnc1C1CN(C(=O)c2cncn2C)CC12CCOCC2. The lowest BCUT2D eigenvalue weighted by Crippen LogP contribution is -2.38. The summed E-state index contributed by atoms with van der Waals surface area (Å²) in [5.74, 6) is 1.74. The third-order valence-corrected chi connectivity index (χ3v) is 5.98. The smallest absolute Gasteiger partial charge is 0.272 e. The van der Waals surface area contributed by atoms with Gasteiger partial charge in [0.05, 0.1) is 12.5 Å². The molecular weight excluding hydrogens is 344 g/mol. The first-order chi connectivity index (χ1) is 13.0. The average Bonchev–Trinajstić information content (AvgIpc) is 3.34. The average molecular weight is 372 g/mol. The molecule has 2 fully saturated rings. The fourth-order valence-electron chi connectivity index (χ4n) is 4.56. The molecular formula is C19H28N6O2. The first-order valence-corrected chi connectivity index (χ1v) is 9.71. The summed E-state index contributed by atoms with van der Waals surface area (Å²) in [5, 5.41) is 8.69. The summed E-state index contributed by atoms with van der Waals surface area (Å²) in [4.78, 5) is 19.2. The molecule has 4 rings (SSSR count). The van der Waals surface area contributed by atoms with Gasteiger partial charge < -0.3 is 18.8 Å². The first-order valence-electron chi connectivity index (χ1n) is 9.71. The Morgan fingerprint density at radius 1 is 1.33 bits per heavy atom. The summed E-state index contributed by atoms with van der Waals surface area (Å²) in [6, 6.07) is 0. The predicted molar refractivity (Wildman–Crippen MR) is 99.2 cm³/mol.